The van der Waals surface area contributed by atoms with E-state index in [0.29, 0.717) is 18.0 Å². The Morgan fingerprint density at radius 1 is 0.889 bits per heavy atom. The highest BCUT2D eigenvalue weighted by molar-refractivity contribution is 5.69. The Morgan fingerprint density at radius 3 is 2.17 bits per heavy atom. The first kappa shape index (κ1) is 12.1. The van der Waals surface area contributed by atoms with Crippen LogP contribution >= 0.6 is 0 Å². The Bertz CT molecular complexity index is 526. The van der Waals surface area contributed by atoms with E-state index in [-0.39, 0.29) is 0 Å². The van der Waals surface area contributed by atoms with Crippen LogP contribution in [0.3, 0.4) is 0 Å². The highest BCUT2D eigenvalue weighted by atomic mass is 15.4. The fraction of sp³-hybridized carbons (Fsp3) is 0.0769. The lowest BCUT2D eigenvalue weighted by Crippen LogP contribution is -2.36. The summed E-state index contributed by atoms with van der Waals surface area (Å²) in [6.07, 6.45) is 0. The maximum atomic E-state index is 5.94. The van der Waals surface area contributed by atoms with E-state index < -0.39 is 0 Å². The Balaban J connectivity index is 2.03. The molecule has 0 aliphatic heterocycles. The molecule has 0 fully saturated rings. The molecule has 94 valence electrons. The van der Waals surface area contributed by atoms with Crippen molar-refractivity contribution in [3.63, 3.8) is 0 Å². The molecule has 0 aliphatic rings. The molecule has 0 saturated carbocycles. The van der Waals surface area contributed by atoms with Crippen LogP contribution in [0.5, 0.6) is 0 Å². The van der Waals surface area contributed by atoms with E-state index in [2.05, 4.69) is 5.32 Å². The standard InChI is InChI=1S/C13H17N5/c14-10-5-1-3-7-12(10)17-9-18(16)13-8-4-2-6-11(13)15/h1-8,17H,9,14-16H2. The lowest BCUT2D eigenvalue weighted by molar-refractivity contribution is 0.903. The van der Waals surface area contributed by atoms with Crippen LogP contribution in [0.15, 0.2) is 48.5 Å². The number of nitrogen functional groups attached to an aromatic ring is 2. The molecule has 2 aromatic carbocycles. The van der Waals surface area contributed by atoms with E-state index in [0.717, 1.165) is 11.4 Å². The Kier molecular flexibility index (Phi) is 3.54. The molecule has 2 rings (SSSR count). The van der Waals surface area contributed by atoms with Gasteiger partial charge in [0.2, 0.25) is 0 Å². The molecule has 5 nitrogen and oxygen atoms in total. The number of anilines is 4. The maximum Gasteiger partial charge on any atom is 0.103 e. The number of nitrogens with one attached hydrogen (secondary N) is 1. The van der Waals surface area contributed by atoms with Crippen molar-refractivity contribution in [2.24, 2.45) is 5.84 Å². The zero-order valence-electron chi connectivity index (χ0n) is 10.0. The number of rotatable bonds is 4. The fourth-order valence-corrected chi connectivity index (χ4v) is 1.66. The van der Waals surface area contributed by atoms with Crippen LogP contribution < -0.4 is 27.6 Å². The monoisotopic (exact) mass is 243 g/mol. The van der Waals surface area contributed by atoms with Gasteiger partial charge in [0.05, 0.1) is 22.7 Å². The predicted molar refractivity (Wildman–Crippen MR) is 76.9 cm³/mol. The number of nitrogens with two attached hydrogens (primary N) is 3. The van der Waals surface area contributed by atoms with Gasteiger partial charge in [-0.05, 0) is 24.3 Å². The average molecular weight is 243 g/mol. The first-order chi connectivity index (χ1) is 8.68. The zero-order valence-corrected chi connectivity index (χ0v) is 10.0. The van der Waals surface area contributed by atoms with Crippen LogP contribution in [0.1, 0.15) is 0 Å². The van der Waals surface area contributed by atoms with Gasteiger partial charge in [0, 0.05) is 0 Å². The summed E-state index contributed by atoms with van der Waals surface area (Å²) >= 11 is 0. The zero-order chi connectivity index (χ0) is 13.0. The first-order valence-electron chi connectivity index (χ1n) is 5.63. The third-order valence-electron chi connectivity index (χ3n) is 2.65. The molecule has 0 radical (unpaired) electrons. The lowest BCUT2D eigenvalue weighted by Gasteiger charge is -2.21. The largest absolute Gasteiger partial charge is 0.397 e. The molecule has 5 heteroatoms. The van der Waals surface area contributed by atoms with Gasteiger partial charge in [0.1, 0.15) is 6.67 Å². The lowest BCUT2D eigenvalue weighted by atomic mass is 10.2. The molecule has 18 heavy (non-hydrogen) atoms. The Hall–Kier alpha value is -2.40. The first-order valence-corrected chi connectivity index (χ1v) is 5.63. The van der Waals surface area contributed by atoms with Crippen LogP contribution in [0.4, 0.5) is 22.7 Å². The van der Waals surface area contributed by atoms with E-state index in [1.807, 2.05) is 48.5 Å². The predicted octanol–water partition coefficient (Wildman–Crippen LogP) is 1.60. The minimum Gasteiger partial charge on any atom is -0.397 e. The highest BCUT2D eigenvalue weighted by Crippen LogP contribution is 2.21. The minimum absolute atomic E-state index is 0.419. The van der Waals surface area contributed by atoms with Crippen LogP contribution in [0.25, 0.3) is 0 Å². The van der Waals surface area contributed by atoms with Crippen LogP contribution in [-0.4, -0.2) is 6.67 Å². The topological polar surface area (TPSA) is 93.3 Å². The molecule has 0 heterocycles. The van der Waals surface area contributed by atoms with Crippen molar-refractivity contribution >= 4 is 22.7 Å². The summed E-state index contributed by atoms with van der Waals surface area (Å²) in [5.74, 6) is 5.94. The summed E-state index contributed by atoms with van der Waals surface area (Å²) < 4.78 is 0. The number of hydrogen-bond donors (Lipinski definition) is 4. The molecule has 0 saturated heterocycles. The molecule has 0 atom stereocenters. The molecule has 0 aliphatic carbocycles. The van der Waals surface area contributed by atoms with E-state index in [4.69, 9.17) is 17.3 Å². The van der Waals surface area contributed by atoms with Gasteiger partial charge in [-0.2, -0.15) is 0 Å². The van der Waals surface area contributed by atoms with Crippen LogP contribution in [0.2, 0.25) is 0 Å². The second-order valence-corrected chi connectivity index (χ2v) is 3.95. The summed E-state index contributed by atoms with van der Waals surface area (Å²) in [7, 11) is 0. The maximum absolute atomic E-state index is 5.94. The Labute approximate surface area is 106 Å². The van der Waals surface area contributed by atoms with Gasteiger partial charge < -0.3 is 16.8 Å². The van der Waals surface area contributed by atoms with E-state index in [1.54, 1.807) is 5.01 Å². The van der Waals surface area contributed by atoms with Gasteiger partial charge in [-0.25, -0.2) is 5.84 Å². The quantitative estimate of drug-likeness (QED) is 0.283. The molecule has 0 aromatic heterocycles. The summed E-state index contributed by atoms with van der Waals surface area (Å²) in [6, 6.07) is 15.0. The van der Waals surface area contributed by atoms with Crippen molar-refractivity contribution in [2.75, 3.05) is 28.5 Å². The molecule has 7 N–H and O–H groups in total. The van der Waals surface area contributed by atoms with Gasteiger partial charge in [-0.1, -0.05) is 24.3 Å². The van der Waals surface area contributed by atoms with Gasteiger partial charge in [0.25, 0.3) is 0 Å². The van der Waals surface area contributed by atoms with Crippen molar-refractivity contribution in [1.82, 2.24) is 0 Å². The van der Waals surface area contributed by atoms with Crippen molar-refractivity contribution in [1.29, 1.82) is 0 Å². The van der Waals surface area contributed by atoms with E-state index in [9.17, 15) is 0 Å². The summed E-state index contributed by atoms with van der Waals surface area (Å²) in [4.78, 5) is 0. The molecule has 0 unspecified atom stereocenters. The number of benzene rings is 2. The fourth-order valence-electron chi connectivity index (χ4n) is 1.66. The molecule has 0 bridgehead atoms. The van der Waals surface area contributed by atoms with Gasteiger partial charge in [-0.15, -0.1) is 0 Å². The van der Waals surface area contributed by atoms with E-state index in [1.165, 1.54) is 0 Å². The van der Waals surface area contributed by atoms with Gasteiger partial charge >= 0.3 is 0 Å². The molecule has 2 aromatic rings. The van der Waals surface area contributed by atoms with Crippen molar-refractivity contribution in [3.8, 4) is 0 Å². The number of para-hydroxylation sites is 4. The van der Waals surface area contributed by atoms with Crippen molar-refractivity contribution < 1.29 is 0 Å². The molecular weight excluding hydrogens is 226 g/mol. The Morgan fingerprint density at radius 2 is 1.50 bits per heavy atom. The SMILES string of the molecule is Nc1ccccc1NCN(N)c1ccccc1N. The molecular formula is C13H17N5. The molecule has 0 amide bonds. The summed E-state index contributed by atoms with van der Waals surface area (Å²) in [5, 5.41) is 4.70. The summed E-state index contributed by atoms with van der Waals surface area (Å²) in [6.45, 7) is 0.419. The second kappa shape index (κ2) is 5.29. The van der Waals surface area contributed by atoms with Crippen LogP contribution in [0, 0.1) is 0 Å². The smallest absolute Gasteiger partial charge is 0.103 e. The average Bonchev–Trinajstić information content (AvgIpc) is 2.38. The third kappa shape index (κ3) is 2.64. The summed E-state index contributed by atoms with van der Waals surface area (Å²) in [5.41, 5.74) is 14.6. The minimum atomic E-state index is 0.419. The second-order valence-electron chi connectivity index (χ2n) is 3.95. The van der Waals surface area contributed by atoms with E-state index >= 15 is 0 Å². The van der Waals surface area contributed by atoms with Gasteiger partial charge in [0.15, 0.2) is 0 Å². The van der Waals surface area contributed by atoms with Crippen LogP contribution in [-0.2, 0) is 0 Å². The highest BCUT2D eigenvalue weighted by Gasteiger charge is 2.05. The third-order valence-corrected chi connectivity index (χ3v) is 2.65. The number of nitrogens with zero attached hydrogens (tertiary/aromatic N) is 1. The van der Waals surface area contributed by atoms with Crippen molar-refractivity contribution in [2.45, 2.75) is 0 Å². The van der Waals surface area contributed by atoms with Crippen molar-refractivity contribution in [3.05, 3.63) is 48.5 Å². The van der Waals surface area contributed by atoms with Gasteiger partial charge in [-0.3, -0.25) is 5.01 Å². The number of hydrogen-bond acceptors (Lipinski definition) is 5. The molecule has 0 spiro atoms. The number of hydrazine groups is 1. The normalized spacial score (nSPS) is 10.1.